The lowest BCUT2D eigenvalue weighted by Crippen LogP contribution is -2.15. The van der Waals surface area contributed by atoms with Crippen molar-refractivity contribution in [3.63, 3.8) is 0 Å². The third-order valence-corrected chi connectivity index (χ3v) is 3.41. The van der Waals surface area contributed by atoms with E-state index >= 15 is 0 Å². The first-order chi connectivity index (χ1) is 12.3. The Balaban J connectivity index is 2.21. The van der Waals surface area contributed by atoms with Gasteiger partial charge in [-0.05, 0) is 23.3 Å². The molecule has 0 spiro atoms. The molecule has 0 atom stereocenters. The van der Waals surface area contributed by atoms with Crippen LogP contribution in [-0.2, 0) is 27.1 Å². The molecule has 7 heteroatoms. The molecule has 2 aromatic rings. The van der Waals surface area contributed by atoms with Crippen molar-refractivity contribution in [2.75, 3.05) is 7.11 Å². The number of carbonyl (C=O) groups is 2. The van der Waals surface area contributed by atoms with E-state index in [0.29, 0.717) is 0 Å². The summed E-state index contributed by atoms with van der Waals surface area (Å²) in [5.41, 5.74) is -1.12. The summed E-state index contributed by atoms with van der Waals surface area (Å²) < 4.78 is 48.8. The summed E-state index contributed by atoms with van der Waals surface area (Å²) in [5, 5.41) is 0. The fraction of sp³-hybridized carbons (Fsp3) is 0.158. The van der Waals surface area contributed by atoms with Crippen molar-refractivity contribution in [1.82, 2.24) is 0 Å². The summed E-state index contributed by atoms with van der Waals surface area (Å²) in [6.07, 6.45) is -2.68. The van der Waals surface area contributed by atoms with Gasteiger partial charge in [0.1, 0.15) is 6.61 Å². The number of alkyl halides is 3. The summed E-state index contributed by atoms with van der Waals surface area (Å²) >= 11 is 0. The molecule has 0 saturated heterocycles. The van der Waals surface area contributed by atoms with Gasteiger partial charge in [-0.25, -0.2) is 9.59 Å². The minimum absolute atomic E-state index is 0.0243. The Morgan fingerprint density at radius 2 is 1.73 bits per heavy atom. The van der Waals surface area contributed by atoms with E-state index in [2.05, 4.69) is 4.74 Å². The minimum Gasteiger partial charge on any atom is -0.465 e. The lowest BCUT2D eigenvalue weighted by atomic mass is 10.00. The zero-order chi connectivity index (χ0) is 19.2. The number of ether oxygens (including phenoxy) is 2. The van der Waals surface area contributed by atoms with E-state index in [9.17, 15) is 22.8 Å². The molecule has 26 heavy (non-hydrogen) atoms. The van der Waals surface area contributed by atoms with E-state index in [0.717, 1.165) is 37.0 Å². The quantitative estimate of drug-likeness (QED) is 0.588. The number of rotatable bonds is 5. The first-order valence-electron chi connectivity index (χ1n) is 7.50. The van der Waals surface area contributed by atoms with Crippen LogP contribution in [0.3, 0.4) is 0 Å². The van der Waals surface area contributed by atoms with Crippen LogP contribution in [0.2, 0.25) is 0 Å². The molecule has 0 aliphatic carbocycles. The van der Waals surface area contributed by atoms with E-state index in [1.54, 1.807) is 24.3 Å². The van der Waals surface area contributed by atoms with Gasteiger partial charge >= 0.3 is 18.1 Å². The third kappa shape index (κ3) is 4.95. The highest BCUT2D eigenvalue weighted by Crippen LogP contribution is 2.34. The van der Waals surface area contributed by atoms with E-state index < -0.39 is 29.2 Å². The van der Waals surface area contributed by atoms with E-state index in [-0.39, 0.29) is 12.2 Å². The van der Waals surface area contributed by atoms with Crippen LogP contribution in [0.4, 0.5) is 13.2 Å². The Kier molecular flexibility index (Phi) is 6.16. The van der Waals surface area contributed by atoms with Crippen LogP contribution in [0.15, 0.2) is 54.6 Å². The number of hydrogen-bond donors (Lipinski definition) is 0. The first kappa shape index (κ1) is 19.2. The van der Waals surface area contributed by atoms with Crippen LogP contribution in [-0.4, -0.2) is 19.0 Å². The lowest BCUT2D eigenvalue weighted by molar-refractivity contribution is -0.139. The fourth-order valence-corrected chi connectivity index (χ4v) is 2.21. The molecule has 2 aromatic carbocycles. The maximum absolute atomic E-state index is 13.1. The highest BCUT2D eigenvalue weighted by atomic mass is 19.4. The van der Waals surface area contributed by atoms with Crippen molar-refractivity contribution in [2.24, 2.45) is 0 Å². The van der Waals surface area contributed by atoms with Crippen molar-refractivity contribution in [2.45, 2.75) is 12.8 Å². The second-order valence-electron chi connectivity index (χ2n) is 5.19. The molecule has 0 saturated carbocycles. The summed E-state index contributed by atoms with van der Waals surface area (Å²) in [4.78, 5) is 23.6. The van der Waals surface area contributed by atoms with Gasteiger partial charge in [-0.15, -0.1) is 0 Å². The smallest absolute Gasteiger partial charge is 0.417 e. The zero-order valence-corrected chi connectivity index (χ0v) is 13.7. The first-order valence-corrected chi connectivity index (χ1v) is 7.50. The molecule has 2 rings (SSSR count). The summed E-state index contributed by atoms with van der Waals surface area (Å²) in [7, 11) is 0.983. The molecule has 0 N–H and O–H groups in total. The van der Waals surface area contributed by atoms with Crippen molar-refractivity contribution in [3.05, 3.63) is 76.9 Å². The molecule has 4 nitrogen and oxygen atoms in total. The van der Waals surface area contributed by atoms with Gasteiger partial charge in [0.2, 0.25) is 0 Å². The van der Waals surface area contributed by atoms with Crippen molar-refractivity contribution < 1.29 is 32.2 Å². The number of methoxy groups -OCH3 is 1. The molecule has 0 amide bonds. The number of hydrogen-bond acceptors (Lipinski definition) is 4. The van der Waals surface area contributed by atoms with Crippen LogP contribution >= 0.6 is 0 Å². The maximum atomic E-state index is 13.1. The molecule has 0 heterocycles. The summed E-state index contributed by atoms with van der Waals surface area (Å²) in [6.45, 7) is 0.0243. The number of esters is 2. The van der Waals surface area contributed by atoms with Crippen LogP contribution in [0.1, 0.15) is 27.0 Å². The van der Waals surface area contributed by atoms with Crippen LogP contribution in [0.5, 0.6) is 0 Å². The SMILES string of the molecule is COC(=O)c1c(C=CC(=O)OCc2ccccc2)cccc1C(F)(F)F. The average Bonchev–Trinajstić information content (AvgIpc) is 2.63. The van der Waals surface area contributed by atoms with Crippen LogP contribution in [0, 0.1) is 0 Å². The minimum atomic E-state index is -4.73. The second-order valence-corrected chi connectivity index (χ2v) is 5.19. The Morgan fingerprint density at radius 1 is 1.04 bits per heavy atom. The van der Waals surface area contributed by atoms with E-state index in [1.165, 1.54) is 6.07 Å². The molecular formula is C19H15F3O4. The van der Waals surface area contributed by atoms with Gasteiger partial charge in [-0.1, -0.05) is 42.5 Å². The molecule has 0 unspecified atom stereocenters. The van der Waals surface area contributed by atoms with E-state index in [4.69, 9.17) is 4.74 Å². The maximum Gasteiger partial charge on any atom is 0.417 e. The predicted molar refractivity (Wildman–Crippen MR) is 88.1 cm³/mol. The number of carbonyl (C=O) groups excluding carboxylic acids is 2. The highest BCUT2D eigenvalue weighted by molar-refractivity contribution is 5.97. The molecule has 0 aliphatic heterocycles. The molecule has 0 radical (unpaired) electrons. The number of benzene rings is 2. The molecule has 0 aromatic heterocycles. The Hall–Kier alpha value is -3.09. The highest BCUT2D eigenvalue weighted by Gasteiger charge is 2.36. The van der Waals surface area contributed by atoms with Gasteiger partial charge in [0.05, 0.1) is 18.2 Å². The van der Waals surface area contributed by atoms with Crippen molar-refractivity contribution in [1.29, 1.82) is 0 Å². The predicted octanol–water partition coefficient (Wildman–Crippen LogP) is 4.25. The van der Waals surface area contributed by atoms with Crippen molar-refractivity contribution >= 4 is 18.0 Å². The third-order valence-electron chi connectivity index (χ3n) is 3.41. The van der Waals surface area contributed by atoms with Gasteiger partial charge in [0, 0.05) is 6.08 Å². The van der Waals surface area contributed by atoms with Crippen LogP contribution < -0.4 is 0 Å². The van der Waals surface area contributed by atoms with Gasteiger partial charge in [0.15, 0.2) is 0 Å². The van der Waals surface area contributed by atoms with Gasteiger partial charge in [-0.3, -0.25) is 0 Å². The Bertz CT molecular complexity index is 811. The Labute approximate surface area is 147 Å². The Morgan fingerprint density at radius 3 is 2.35 bits per heavy atom. The fourth-order valence-electron chi connectivity index (χ4n) is 2.21. The lowest BCUT2D eigenvalue weighted by Gasteiger charge is -2.13. The zero-order valence-electron chi connectivity index (χ0n) is 13.7. The van der Waals surface area contributed by atoms with Crippen LogP contribution in [0.25, 0.3) is 6.08 Å². The largest absolute Gasteiger partial charge is 0.465 e. The molecule has 0 aliphatic rings. The topological polar surface area (TPSA) is 52.6 Å². The number of halogens is 3. The standard InChI is InChI=1S/C19H15F3O4/c1-25-18(24)17-14(8-5-9-15(17)19(20,21)22)10-11-16(23)26-12-13-6-3-2-4-7-13/h2-11H,12H2,1H3. The van der Waals surface area contributed by atoms with Gasteiger partial charge < -0.3 is 9.47 Å². The normalized spacial score (nSPS) is 11.4. The van der Waals surface area contributed by atoms with Gasteiger partial charge in [-0.2, -0.15) is 13.2 Å². The van der Waals surface area contributed by atoms with Gasteiger partial charge in [0.25, 0.3) is 0 Å². The molecule has 0 bridgehead atoms. The summed E-state index contributed by atoms with van der Waals surface area (Å²) in [5.74, 6) is -1.89. The van der Waals surface area contributed by atoms with Crippen molar-refractivity contribution in [3.8, 4) is 0 Å². The molecule has 0 fully saturated rings. The molecular weight excluding hydrogens is 349 g/mol. The monoisotopic (exact) mass is 364 g/mol. The average molecular weight is 364 g/mol. The summed E-state index contributed by atoms with van der Waals surface area (Å²) in [6, 6.07) is 12.1. The van der Waals surface area contributed by atoms with E-state index in [1.807, 2.05) is 6.07 Å². The molecule has 136 valence electrons. The second kappa shape index (κ2) is 8.33.